The summed E-state index contributed by atoms with van der Waals surface area (Å²) in [5.41, 5.74) is 0. The standard InChI is InChI=1S/C71H125NO18/c1-3-5-7-9-11-13-15-16-17-18-19-20-21-22-23-24-25-26-27-28-29-30-31-32-33-34-35-36-37-38-39-41-43-45-47-49-59(77)72-54(55(76)48-46-44-42-40-14-12-10-8-6-4-2)53-85-69-65(83)62(80)67(57(51-74)87-69)90-71-66(84)63(81)68(58(52-75)88-71)89-70-64(82)61(79)60(78)56(50-73)86-70/h5,7,11,13,16-17,19-20,22-23,25-26,54-58,60-71,73-76,78-84H,3-4,6,8-10,12,14-15,18,21,24,27-53H2,1-2H3,(H,72,77)/b7-5-,13-11-,17-16-,20-19-,23-22-,26-25-. The van der Waals surface area contributed by atoms with Crippen LogP contribution in [0.4, 0.5) is 0 Å². The van der Waals surface area contributed by atoms with Crippen LogP contribution in [-0.2, 0) is 33.2 Å². The van der Waals surface area contributed by atoms with E-state index < -0.39 is 124 Å². The Balaban J connectivity index is 1.32. The SMILES string of the molecule is CC/C=C\C/C=C\C/C=C\C/C=C\C/C=C\C/C=C\CCCCCCCCCCCCCCCCCCC(=O)NC(COC1OC(CO)C(OC2OC(CO)C(OC3OC(CO)C(O)C(O)C3O)C(O)C2O)C(O)C1O)C(O)CCCCCCCCCCCC. The van der Waals surface area contributed by atoms with E-state index >= 15 is 0 Å². The van der Waals surface area contributed by atoms with E-state index in [1.807, 2.05) is 0 Å². The van der Waals surface area contributed by atoms with Gasteiger partial charge in [-0.1, -0.05) is 241 Å². The van der Waals surface area contributed by atoms with Crippen LogP contribution in [0.2, 0.25) is 0 Å². The zero-order valence-electron chi connectivity index (χ0n) is 55.1. The van der Waals surface area contributed by atoms with Crippen LogP contribution >= 0.6 is 0 Å². The van der Waals surface area contributed by atoms with Gasteiger partial charge in [-0.3, -0.25) is 4.79 Å². The number of carbonyl (C=O) groups is 1. The Labute approximate surface area is 540 Å². The Morgan fingerprint density at radius 1 is 0.411 bits per heavy atom. The smallest absolute Gasteiger partial charge is 0.220 e. The van der Waals surface area contributed by atoms with Crippen LogP contribution in [0.5, 0.6) is 0 Å². The lowest BCUT2D eigenvalue weighted by Crippen LogP contribution is -2.66. The molecule has 3 aliphatic rings. The molecule has 90 heavy (non-hydrogen) atoms. The van der Waals surface area contributed by atoms with E-state index in [0.29, 0.717) is 12.8 Å². The molecule has 3 rings (SSSR count). The number of carbonyl (C=O) groups excluding carboxylic acids is 1. The van der Waals surface area contributed by atoms with E-state index in [-0.39, 0.29) is 18.9 Å². The van der Waals surface area contributed by atoms with Crippen LogP contribution in [0, 0.1) is 0 Å². The predicted molar refractivity (Wildman–Crippen MR) is 351 cm³/mol. The lowest BCUT2D eigenvalue weighted by Gasteiger charge is -2.48. The summed E-state index contributed by atoms with van der Waals surface area (Å²) in [5, 5.41) is 120. The van der Waals surface area contributed by atoms with Crippen LogP contribution in [0.25, 0.3) is 0 Å². The normalized spacial score (nSPS) is 28.5. The van der Waals surface area contributed by atoms with Crippen molar-refractivity contribution in [2.24, 2.45) is 0 Å². The second-order valence-electron chi connectivity index (χ2n) is 25.0. The topological polar surface area (TPSA) is 307 Å². The first kappa shape index (κ1) is 81.5. The van der Waals surface area contributed by atoms with Crippen molar-refractivity contribution in [3.05, 3.63) is 72.9 Å². The third kappa shape index (κ3) is 34.1. The van der Waals surface area contributed by atoms with Crippen molar-refractivity contribution in [3.8, 4) is 0 Å². The predicted octanol–water partition coefficient (Wildman–Crippen LogP) is 9.33. The van der Waals surface area contributed by atoms with E-state index in [2.05, 4.69) is 92.1 Å². The minimum atomic E-state index is -1.97. The maximum absolute atomic E-state index is 13.4. The van der Waals surface area contributed by atoms with Crippen molar-refractivity contribution >= 4 is 5.91 Å². The molecule has 1 amide bonds. The molecule has 3 saturated heterocycles. The molecule has 0 aromatic rings. The Hall–Kier alpha value is -2.77. The number of unbranched alkanes of at least 4 members (excludes halogenated alkanes) is 25. The van der Waals surface area contributed by atoms with Gasteiger partial charge >= 0.3 is 0 Å². The van der Waals surface area contributed by atoms with E-state index in [0.717, 1.165) is 83.5 Å². The summed E-state index contributed by atoms with van der Waals surface area (Å²) in [5.74, 6) is -0.246. The number of allylic oxidation sites excluding steroid dienone is 12. The van der Waals surface area contributed by atoms with Crippen molar-refractivity contribution in [1.29, 1.82) is 0 Å². The second-order valence-corrected chi connectivity index (χ2v) is 25.0. The summed E-state index contributed by atoms with van der Waals surface area (Å²) in [7, 11) is 0. The number of amides is 1. The maximum atomic E-state index is 13.4. The van der Waals surface area contributed by atoms with Gasteiger partial charge in [0, 0.05) is 6.42 Å². The van der Waals surface area contributed by atoms with Crippen molar-refractivity contribution in [3.63, 3.8) is 0 Å². The van der Waals surface area contributed by atoms with Gasteiger partial charge in [0.25, 0.3) is 0 Å². The van der Waals surface area contributed by atoms with Gasteiger partial charge in [0.05, 0.1) is 38.6 Å². The first-order valence-electron chi connectivity index (χ1n) is 35.2. The van der Waals surface area contributed by atoms with Crippen molar-refractivity contribution in [2.45, 2.75) is 343 Å². The van der Waals surface area contributed by atoms with Gasteiger partial charge in [0.1, 0.15) is 73.2 Å². The van der Waals surface area contributed by atoms with Gasteiger partial charge in [-0.25, -0.2) is 0 Å². The van der Waals surface area contributed by atoms with Gasteiger partial charge in [-0.2, -0.15) is 0 Å². The quantitative estimate of drug-likeness (QED) is 0.0199. The van der Waals surface area contributed by atoms with Crippen molar-refractivity contribution in [2.75, 3.05) is 26.4 Å². The molecular weight excluding hydrogens is 1150 g/mol. The van der Waals surface area contributed by atoms with Gasteiger partial charge < -0.3 is 89.9 Å². The molecule has 3 fully saturated rings. The number of nitrogens with one attached hydrogen (secondary N) is 1. The third-order valence-electron chi connectivity index (χ3n) is 17.3. The highest BCUT2D eigenvalue weighted by molar-refractivity contribution is 5.76. The Morgan fingerprint density at radius 3 is 1.20 bits per heavy atom. The van der Waals surface area contributed by atoms with Crippen LogP contribution in [0.1, 0.15) is 239 Å². The average Bonchev–Trinajstić information content (AvgIpc) is 1.08. The number of hydrogen-bond donors (Lipinski definition) is 12. The molecule has 17 atom stereocenters. The molecule has 19 heteroatoms. The molecule has 522 valence electrons. The summed E-state index contributed by atoms with van der Waals surface area (Å²) in [4.78, 5) is 13.4. The fourth-order valence-electron chi connectivity index (χ4n) is 11.6. The first-order chi connectivity index (χ1) is 43.8. The summed E-state index contributed by atoms with van der Waals surface area (Å²) in [6.07, 6.45) is 38.7. The number of ether oxygens (including phenoxy) is 6. The van der Waals surface area contributed by atoms with Crippen molar-refractivity contribution in [1.82, 2.24) is 5.32 Å². The molecule has 0 spiro atoms. The van der Waals surface area contributed by atoms with E-state index in [4.69, 9.17) is 28.4 Å². The van der Waals surface area contributed by atoms with Crippen LogP contribution < -0.4 is 5.32 Å². The molecule has 3 heterocycles. The molecule has 0 aromatic heterocycles. The highest BCUT2D eigenvalue weighted by Crippen LogP contribution is 2.33. The minimum absolute atomic E-state index is 0.246. The summed E-state index contributed by atoms with van der Waals surface area (Å²) in [6.45, 7) is 1.65. The number of aliphatic hydroxyl groups is 11. The zero-order valence-corrected chi connectivity index (χ0v) is 55.1. The average molecular weight is 1280 g/mol. The first-order valence-corrected chi connectivity index (χ1v) is 35.2. The molecule has 0 saturated carbocycles. The second kappa shape index (κ2) is 52.5. The Morgan fingerprint density at radius 2 is 0.767 bits per heavy atom. The highest BCUT2D eigenvalue weighted by Gasteiger charge is 2.53. The molecule has 3 aliphatic heterocycles. The maximum Gasteiger partial charge on any atom is 0.220 e. The van der Waals surface area contributed by atoms with Crippen molar-refractivity contribution < 1.29 is 89.4 Å². The van der Waals surface area contributed by atoms with Gasteiger partial charge in [-0.15, -0.1) is 0 Å². The largest absolute Gasteiger partial charge is 0.394 e. The Kier molecular flexibility index (Phi) is 47.5. The molecule has 12 N–H and O–H groups in total. The van der Waals surface area contributed by atoms with Crippen LogP contribution in [-0.4, -0.2) is 193 Å². The summed E-state index contributed by atoms with van der Waals surface area (Å²) in [6, 6.07) is -0.887. The number of rotatable bonds is 53. The van der Waals surface area contributed by atoms with Crippen LogP contribution in [0.3, 0.4) is 0 Å². The van der Waals surface area contributed by atoms with Crippen LogP contribution in [0.15, 0.2) is 72.9 Å². The monoisotopic (exact) mass is 1280 g/mol. The Bertz CT molecular complexity index is 1920. The van der Waals surface area contributed by atoms with Gasteiger partial charge in [0.2, 0.25) is 5.91 Å². The molecule has 19 nitrogen and oxygen atoms in total. The third-order valence-corrected chi connectivity index (χ3v) is 17.3. The summed E-state index contributed by atoms with van der Waals surface area (Å²) < 4.78 is 34.3. The zero-order chi connectivity index (χ0) is 65.4. The van der Waals surface area contributed by atoms with Gasteiger partial charge in [-0.05, 0) is 64.2 Å². The minimum Gasteiger partial charge on any atom is -0.394 e. The highest BCUT2D eigenvalue weighted by atomic mass is 16.8. The fourth-order valence-corrected chi connectivity index (χ4v) is 11.6. The van der Waals surface area contributed by atoms with E-state index in [1.54, 1.807) is 0 Å². The molecule has 0 aromatic carbocycles. The molecule has 17 unspecified atom stereocenters. The lowest BCUT2D eigenvalue weighted by atomic mass is 9.96. The molecular formula is C71H125NO18. The number of hydrogen-bond acceptors (Lipinski definition) is 18. The van der Waals surface area contributed by atoms with E-state index in [1.165, 1.54) is 122 Å². The fraction of sp³-hybridized carbons (Fsp3) is 0.817. The molecule has 0 aliphatic carbocycles. The lowest BCUT2D eigenvalue weighted by molar-refractivity contribution is -0.379. The van der Waals surface area contributed by atoms with Gasteiger partial charge in [0.15, 0.2) is 18.9 Å². The molecule has 0 radical (unpaired) electrons. The van der Waals surface area contributed by atoms with E-state index in [9.17, 15) is 61.0 Å². The summed E-state index contributed by atoms with van der Waals surface area (Å²) >= 11 is 0. The number of aliphatic hydroxyl groups excluding tert-OH is 11. The molecule has 0 bridgehead atoms.